The summed E-state index contributed by atoms with van der Waals surface area (Å²) in [5.74, 6) is 0. The highest BCUT2D eigenvalue weighted by atomic mass is 35.5. The zero-order valence-corrected chi connectivity index (χ0v) is 13.6. The molecule has 1 aromatic rings. The zero-order valence-electron chi connectivity index (χ0n) is 12.8. The fourth-order valence-corrected chi connectivity index (χ4v) is 3.06. The summed E-state index contributed by atoms with van der Waals surface area (Å²) in [4.78, 5) is 15.2. The summed E-state index contributed by atoms with van der Waals surface area (Å²) >= 11 is 6.12. The van der Waals surface area contributed by atoms with E-state index in [1.165, 1.54) is 6.07 Å². The van der Waals surface area contributed by atoms with E-state index in [9.17, 15) is 10.1 Å². The Hall–Kier alpha value is -1.17. The minimum Gasteiger partial charge on any atom is -0.306 e. The van der Waals surface area contributed by atoms with E-state index >= 15 is 0 Å². The van der Waals surface area contributed by atoms with Gasteiger partial charge in [0, 0.05) is 24.7 Å². The number of nitro benzene ring substituents is 1. The van der Waals surface area contributed by atoms with Gasteiger partial charge in [0.15, 0.2) is 0 Å². The van der Waals surface area contributed by atoms with Gasteiger partial charge in [0.05, 0.1) is 9.95 Å². The van der Waals surface area contributed by atoms with Gasteiger partial charge in [-0.25, -0.2) is 0 Å². The Morgan fingerprint density at radius 1 is 1.38 bits per heavy atom. The second-order valence-corrected chi connectivity index (χ2v) is 6.35. The first-order valence-corrected chi connectivity index (χ1v) is 7.58. The molecule has 116 valence electrons. The second-order valence-electron chi connectivity index (χ2n) is 5.94. The fraction of sp³-hybridized carbons (Fsp3) is 0.600. The van der Waals surface area contributed by atoms with Crippen LogP contribution >= 0.6 is 11.6 Å². The number of nitro groups is 1. The maximum absolute atomic E-state index is 11.0. The van der Waals surface area contributed by atoms with Gasteiger partial charge in [-0.05, 0) is 58.1 Å². The number of non-ortho nitro benzene ring substituents is 1. The van der Waals surface area contributed by atoms with Crippen molar-refractivity contribution in [1.82, 2.24) is 9.80 Å². The van der Waals surface area contributed by atoms with Crippen molar-refractivity contribution in [1.29, 1.82) is 0 Å². The third kappa shape index (κ3) is 3.93. The lowest BCUT2D eigenvalue weighted by atomic mass is 10.0. The van der Waals surface area contributed by atoms with Crippen LogP contribution in [0.15, 0.2) is 12.1 Å². The molecule has 0 spiro atoms. The van der Waals surface area contributed by atoms with Gasteiger partial charge in [0.1, 0.15) is 0 Å². The first-order chi connectivity index (χ1) is 9.88. The maximum atomic E-state index is 11.0. The van der Waals surface area contributed by atoms with Crippen LogP contribution in [0.4, 0.5) is 5.69 Å². The molecule has 21 heavy (non-hydrogen) atoms. The lowest BCUT2D eigenvalue weighted by Crippen LogP contribution is -2.41. The molecule has 0 atom stereocenters. The SMILES string of the molecule is Cc1c(Cl)cc([N+](=O)[O-])cc1CN1CCC(N(C)C)CC1. The molecule has 0 aromatic heterocycles. The van der Waals surface area contributed by atoms with Crippen LogP contribution in [-0.2, 0) is 6.54 Å². The number of hydrogen-bond acceptors (Lipinski definition) is 4. The number of likely N-dealkylation sites (tertiary alicyclic amines) is 1. The highest BCUT2D eigenvalue weighted by Gasteiger charge is 2.22. The Morgan fingerprint density at radius 3 is 2.52 bits per heavy atom. The van der Waals surface area contributed by atoms with Crippen molar-refractivity contribution in [2.24, 2.45) is 0 Å². The van der Waals surface area contributed by atoms with E-state index in [1.807, 2.05) is 6.92 Å². The molecule has 1 saturated heterocycles. The van der Waals surface area contributed by atoms with Crippen LogP contribution in [0.3, 0.4) is 0 Å². The number of nitrogens with zero attached hydrogens (tertiary/aromatic N) is 3. The Kier molecular flexibility index (Phi) is 5.19. The Morgan fingerprint density at radius 2 is 2.00 bits per heavy atom. The van der Waals surface area contributed by atoms with E-state index in [4.69, 9.17) is 11.6 Å². The average molecular weight is 312 g/mol. The summed E-state index contributed by atoms with van der Waals surface area (Å²) in [7, 11) is 4.23. The summed E-state index contributed by atoms with van der Waals surface area (Å²) in [6.07, 6.45) is 2.27. The van der Waals surface area contributed by atoms with Gasteiger partial charge in [0.2, 0.25) is 0 Å². The highest BCUT2D eigenvalue weighted by molar-refractivity contribution is 6.31. The molecule has 2 rings (SSSR count). The minimum absolute atomic E-state index is 0.0729. The molecule has 0 N–H and O–H groups in total. The summed E-state index contributed by atoms with van der Waals surface area (Å²) in [5.41, 5.74) is 1.97. The number of rotatable bonds is 4. The smallest absolute Gasteiger partial charge is 0.271 e. The van der Waals surface area contributed by atoms with Crippen LogP contribution in [0.1, 0.15) is 24.0 Å². The molecule has 6 heteroatoms. The van der Waals surface area contributed by atoms with Gasteiger partial charge in [-0.15, -0.1) is 0 Å². The van der Waals surface area contributed by atoms with Crippen molar-refractivity contribution < 1.29 is 4.92 Å². The summed E-state index contributed by atoms with van der Waals surface area (Å²) < 4.78 is 0. The van der Waals surface area contributed by atoms with Crippen molar-refractivity contribution in [3.05, 3.63) is 38.4 Å². The van der Waals surface area contributed by atoms with Crippen molar-refractivity contribution >= 4 is 17.3 Å². The molecule has 1 heterocycles. The lowest BCUT2D eigenvalue weighted by molar-refractivity contribution is -0.384. The molecule has 0 aliphatic carbocycles. The predicted molar refractivity (Wildman–Crippen MR) is 84.8 cm³/mol. The van der Waals surface area contributed by atoms with Crippen molar-refractivity contribution in [3.8, 4) is 0 Å². The lowest BCUT2D eigenvalue weighted by Gasteiger charge is -2.35. The van der Waals surface area contributed by atoms with Crippen molar-refractivity contribution in [2.45, 2.75) is 32.4 Å². The number of benzene rings is 1. The van der Waals surface area contributed by atoms with E-state index in [1.54, 1.807) is 6.07 Å². The zero-order chi connectivity index (χ0) is 15.6. The van der Waals surface area contributed by atoms with Crippen LogP contribution in [-0.4, -0.2) is 47.9 Å². The Bertz CT molecular complexity index is 526. The van der Waals surface area contributed by atoms with Crippen molar-refractivity contribution in [3.63, 3.8) is 0 Å². The fourth-order valence-electron chi connectivity index (χ4n) is 2.82. The third-order valence-corrected chi connectivity index (χ3v) is 4.72. The van der Waals surface area contributed by atoms with Gasteiger partial charge < -0.3 is 4.90 Å². The van der Waals surface area contributed by atoms with E-state index < -0.39 is 0 Å². The quantitative estimate of drug-likeness (QED) is 0.633. The molecule has 0 bridgehead atoms. The maximum Gasteiger partial charge on any atom is 0.271 e. The van der Waals surface area contributed by atoms with Crippen molar-refractivity contribution in [2.75, 3.05) is 27.2 Å². The normalized spacial score (nSPS) is 17.4. The standard InChI is InChI=1S/C15H22ClN3O2/c1-11-12(8-14(19(20)21)9-15(11)16)10-18-6-4-13(5-7-18)17(2)3/h8-9,13H,4-7,10H2,1-3H3. The molecule has 1 aromatic carbocycles. The molecule has 1 fully saturated rings. The van der Waals surface area contributed by atoms with Gasteiger partial charge in [-0.1, -0.05) is 11.6 Å². The number of hydrogen-bond donors (Lipinski definition) is 0. The van der Waals surface area contributed by atoms with E-state index in [-0.39, 0.29) is 10.6 Å². The molecule has 5 nitrogen and oxygen atoms in total. The molecule has 0 saturated carbocycles. The molecular formula is C15H22ClN3O2. The molecule has 0 radical (unpaired) electrons. The second kappa shape index (κ2) is 6.73. The molecule has 0 amide bonds. The highest BCUT2D eigenvalue weighted by Crippen LogP contribution is 2.27. The first kappa shape index (κ1) is 16.2. The number of piperidine rings is 1. The Balaban J connectivity index is 2.08. The predicted octanol–water partition coefficient (Wildman–Crippen LogP) is 3.08. The molecule has 1 aliphatic heterocycles. The monoisotopic (exact) mass is 311 g/mol. The van der Waals surface area contributed by atoms with Gasteiger partial charge in [-0.3, -0.25) is 15.0 Å². The third-order valence-electron chi connectivity index (χ3n) is 4.33. The van der Waals surface area contributed by atoms with Crippen LogP contribution in [0.25, 0.3) is 0 Å². The summed E-state index contributed by atoms with van der Waals surface area (Å²) in [6.45, 7) is 4.69. The van der Waals surface area contributed by atoms with Gasteiger partial charge in [-0.2, -0.15) is 0 Å². The topological polar surface area (TPSA) is 49.6 Å². The van der Waals surface area contributed by atoms with E-state index in [0.717, 1.165) is 43.6 Å². The van der Waals surface area contributed by atoms with Crippen LogP contribution in [0.5, 0.6) is 0 Å². The van der Waals surface area contributed by atoms with E-state index in [2.05, 4.69) is 23.9 Å². The molecule has 1 aliphatic rings. The first-order valence-electron chi connectivity index (χ1n) is 7.20. The van der Waals surface area contributed by atoms with Gasteiger partial charge >= 0.3 is 0 Å². The minimum atomic E-state index is -0.382. The Labute approximate surface area is 130 Å². The summed E-state index contributed by atoms with van der Waals surface area (Å²) in [6, 6.07) is 3.72. The molecule has 0 unspecified atom stereocenters. The van der Waals surface area contributed by atoms with Crippen LogP contribution in [0, 0.1) is 17.0 Å². The van der Waals surface area contributed by atoms with Crippen LogP contribution in [0.2, 0.25) is 5.02 Å². The summed E-state index contributed by atoms with van der Waals surface area (Å²) in [5, 5.41) is 11.4. The average Bonchev–Trinajstić information content (AvgIpc) is 2.44. The van der Waals surface area contributed by atoms with E-state index in [0.29, 0.717) is 11.1 Å². The molecular weight excluding hydrogens is 290 g/mol. The van der Waals surface area contributed by atoms with Gasteiger partial charge in [0.25, 0.3) is 5.69 Å². The largest absolute Gasteiger partial charge is 0.306 e. The number of halogens is 1. The van der Waals surface area contributed by atoms with Crippen LogP contribution < -0.4 is 0 Å².